The van der Waals surface area contributed by atoms with E-state index in [-0.39, 0.29) is 0 Å². The lowest BCUT2D eigenvalue weighted by Crippen LogP contribution is -2.06. The average molecular weight is 409 g/mol. The summed E-state index contributed by atoms with van der Waals surface area (Å²) in [6.07, 6.45) is 18.4. The Balaban J connectivity index is 1.47. The van der Waals surface area contributed by atoms with Gasteiger partial charge in [0.2, 0.25) is 0 Å². The molecule has 1 atom stereocenters. The summed E-state index contributed by atoms with van der Waals surface area (Å²) >= 11 is 2.11. The Morgan fingerprint density at radius 3 is 2.31 bits per heavy atom. The van der Waals surface area contributed by atoms with Crippen LogP contribution in [-0.4, -0.2) is 15.3 Å². The van der Waals surface area contributed by atoms with Gasteiger partial charge in [0.05, 0.1) is 6.33 Å². The molecular formula is C26H36N2S. The molecule has 0 aliphatic heterocycles. The van der Waals surface area contributed by atoms with E-state index in [4.69, 9.17) is 0 Å². The fourth-order valence-corrected chi connectivity index (χ4v) is 5.16. The van der Waals surface area contributed by atoms with Crippen molar-refractivity contribution in [3.05, 3.63) is 66.7 Å². The van der Waals surface area contributed by atoms with Crippen LogP contribution in [-0.2, 0) is 6.54 Å². The van der Waals surface area contributed by atoms with Gasteiger partial charge in [-0.3, -0.25) is 0 Å². The number of hydrogen-bond donors (Lipinski definition) is 0. The molecule has 3 heteroatoms. The SMILES string of the molecule is CCCCCCCCCCCSC(Cn1ccnc1)c1ccc2ccccc2c1. The van der Waals surface area contributed by atoms with Gasteiger partial charge in [-0.1, -0.05) is 94.7 Å². The molecule has 0 aliphatic rings. The number of benzene rings is 2. The zero-order valence-electron chi connectivity index (χ0n) is 17.9. The molecule has 2 nitrogen and oxygen atoms in total. The minimum Gasteiger partial charge on any atom is -0.336 e. The molecule has 0 N–H and O–H groups in total. The van der Waals surface area contributed by atoms with Crippen LogP contribution in [0.4, 0.5) is 0 Å². The first-order valence-electron chi connectivity index (χ1n) is 11.4. The lowest BCUT2D eigenvalue weighted by atomic mass is 10.0. The van der Waals surface area contributed by atoms with E-state index in [0.717, 1.165) is 6.54 Å². The zero-order chi connectivity index (χ0) is 20.2. The quantitative estimate of drug-likeness (QED) is 0.251. The number of fused-ring (bicyclic) bond motifs is 1. The largest absolute Gasteiger partial charge is 0.336 e. The van der Waals surface area contributed by atoms with Crippen molar-refractivity contribution in [2.75, 3.05) is 5.75 Å². The van der Waals surface area contributed by atoms with Gasteiger partial charge < -0.3 is 4.57 Å². The molecule has 1 heterocycles. The van der Waals surface area contributed by atoms with Gasteiger partial charge in [-0.2, -0.15) is 11.8 Å². The predicted octanol–water partition coefficient (Wildman–Crippen LogP) is 8.04. The molecule has 1 aromatic heterocycles. The Kier molecular flexibility index (Phi) is 9.65. The molecule has 29 heavy (non-hydrogen) atoms. The van der Waals surface area contributed by atoms with Crippen LogP contribution in [0.15, 0.2) is 61.2 Å². The summed E-state index contributed by atoms with van der Waals surface area (Å²) in [7, 11) is 0. The van der Waals surface area contributed by atoms with Gasteiger partial charge in [-0.05, 0) is 34.6 Å². The number of imidazole rings is 1. The number of aromatic nitrogens is 2. The van der Waals surface area contributed by atoms with Crippen LogP contribution in [0.2, 0.25) is 0 Å². The van der Waals surface area contributed by atoms with E-state index in [9.17, 15) is 0 Å². The van der Waals surface area contributed by atoms with Crippen LogP contribution in [0, 0.1) is 0 Å². The molecule has 2 aromatic carbocycles. The van der Waals surface area contributed by atoms with E-state index in [1.165, 1.54) is 79.9 Å². The maximum Gasteiger partial charge on any atom is 0.0946 e. The van der Waals surface area contributed by atoms with E-state index in [0.29, 0.717) is 5.25 Å². The standard InChI is InChI=1S/C26H36N2S/c1-2-3-4-5-6-7-8-9-12-19-29-26(21-28-18-17-27-22-28)25-16-15-23-13-10-11-14-24(23)20-25/h10-11,13-18,20,22,26H,2-9,12,19,21H2,1H3. The second-order valence-corrected chi connectivity index (χ2v) is 9.36. The number of unbranched alkanes of at least 4 members (excludes halogenated alkanes) is 8. The Labute approximate surface area is 181 Å². The van der Waals surface area contributed by atoms with Gasteiger partial charge in [0, 0.05) is 24.2 Å². The van der Waals surface area contributed by atoms with Crippen molar-refractivity contribution in [1.29, 1.82) is 0 Å². The number of thioether (sulfide) groups is 1. The van der Waals surface area contributed by atoms with E-state index in [1.54, 1.807) is 0 Å². The lowest BCUT2D eigenvalue weighted by molar-refractivity contribution is 0.573. The van der Waals surface area contributed by atoms with Crippen molar-refractivity contribution < 1.29 is 0 Å². The summed E-state index contributed by atoms with van der Waals surface area (Å²) in [6.45, 7) is 3.27. The zero-order valence-corrected chi connectivity index (χ0v) is 18.7. The molecule has 0 fully saturated rings. The van der Waals surface area contributed by atoms with Gasteiger partial charge in [-0.15, -0.1) is 0 Å². The summed E-state index contributed by atoms with van der Waals surface area (Å²) in [4.78, 5) is 4.23. The summed E-state index contributed by atoms with van der Waals surface area (Å²) < 4.78 is 2.21. The topological polar surface area (TPSA) is 17.8 Å². The fraction of sp³-hybridized carbons (Fsp3) is 0.500. The molecule has 0 amide bonds. The summed E-state index contributed by atoms with van der Waals surface area (Å²) in [5.74, 6) is 1.24. The van der Waals surface area contributed by atoms with E-state index < -0.39 is 0 Å². The van der Waals surface area contributed by atoms with Crippen molar-refractivity contribution in [3.63, 3.8) is 0 Å². The van der Waals surface area contributed by atoms with Crippen LogP contribution in [0.3, 0.4) is 0 Å². The number of hydrogen-bond acceptors (Lipinski definition) is 2. The highest BCUT2D eigenvalue weighted by atomic mass is 32.2. The highest BCUT2D eigenvalue weighted by Gasteiger charge is 2.13. The second kappa shape index (κ2) is 12.7. The summed E-state index contributed by atoms with van der Waals surface area (Å²) in [6, 6.07) is 15.6. The average Bonchev–Trinajstić information content (AvgIpc) is 3.27. The molecule has 3 aromatic rings. The molecule has 3 rings (SSSR count). The van der Waals surface area contributed by atoms with Gasteiger partial charge in [0.1, 0.15) is 0 Å². The summed E-state index contributed by atoms with van der Waals surface area (Å²) in [5.41, 5.74) is 1.43. The van der Waals surface area contributed by atoms with Crippen LogP contribution in [0.25, 0.3) is 10.8 Å². The Morgan fingerprint density at radius 2 is 1.59 bits per heavy atom. The highest BCUT2D eigenvalue weighted by Crippen LogP contribution is 2.33. The second-order valence-electron chi connectivity index (χ2n) is 8.05. The number of rotatable bonds is 14. The van der Waals surface area contributed by atoms with E-state index in [1.807, 2.05) is 12.5 Å². The molecule has 0 radical (unpaired) electrons. The first kappa shape index (κ1) is 22.0. The molecule has 156 valence electrons. The third kappa shape index (κ3) is 7.54. The van der Waals surface area contributed by atoms with Crippen LogP contribution in [0.5, 0.6) is 0 Å². The van der Waals surface area contributed by atoms with Crippen molar-refractivity contribution in [1.82, 2.24) is 9.55 Å². The molecule has 0 saturated carbocycles. The van der Waals surface area contributed by atoms with Gasteiger partial charge in [0.25, 0.3) is 0 Å². The fourth-order valence-electron chi connectivity index (χ4n) is 3.89. The molecular weight excluding hydrogens is 372 g/mol. The van der Waals surface area contributed by atoms with Gasteiger partial charge in [0.15, 0.2) is 0 Å². The normalized spacial score (nSPS) is 12.4. The van der Waals surface area contributed by atoms with E-state index >= 15 is 0 Å². The molecule has 1 unspecified atom stereocenters. The van der Waals surface area contributed by atoms with Crippen molar-refractivity contribution in [2.24, 2.45) is 0 Å². The van der Waals surface area contributed by atoms with Crippen LogP contribution < -0.4 is 0 Å². The minimum absolute atomic E-state index is 0.475. The predicted molar refractivity (Wildman–Crippen MR) is 129 cm³/mol. The Bertz CT molecular complexity index is 812. The minimum atomic E-state index is 0.475. The maximum absolute atomic E-state index is 4.23. The van der Waals surface area contributed by atoms with Crippen molar-refractivity contribution in [2.45, 2.75) is 76.5 Å². The first-order chi connectivity index (χ1) is 14.4. The van der Waals surface area contributed by atoms with Crippen LogP contribution in [0.1, 0.15) is 75.5 Å². The van der Waals surface area contributed by atoms with Gasteiger partial charge >= 0.3 is 0 Å². The Hall–Kier alpha value is -1.74. The highest BCUT2D eigenvalue weighted by molar-refractivity contribution is 7.99. The van der Waals surface area contributed by atoms with Crippen molar-refractivity contribution >= 4 is 22.5 Å². The number of nitrogens with zero attached hydrogens (tertiary/aromatic N) is 2. The van der Waals surface area contributed by atoms with Gasteiger partial charge in [-0.25, -0.2) is 4.98 Å². The smallest absolute Gasteiger partial charge is 0.0946 e. The van der Waals surface area contributed by atoms with Crippen molar-refractivity contribution in [3.8, 4) is 0 Å². The third-order valence-electron chi connectivity index (χ3n) is 5.65. The summed E-state index contributed by atoms with van der Waals surface area (Å²) in [5, 5.41) is 3.13. The Morgan fingerprint density at radius 1 is 0.862 bits per heavy atom. The molecule has 0 bridgehead atoms. The molecule has 0 saturated heterocycles. The maximum atomic E-state index is 4.23. The monoisotopic (exact) mass is 408 g/mol. The van der Waals surface area contributed by atoms with Crippen LogP contribution >= 0.6 is 11.8 Å². The molecule has 0 aliphatic carbocycles. The lowest BCUT2D eigenvalue weighted by Gasteiger charge is -2.18. The third-order valence-corrected chi connectivity index (χ3v) is 7.00. The van der Waals surface area contributed by atoms with E-state index in [2.05, 4.69) is 76.9 Å². The molecule has 0 spiro atoms. The first-order valence-corrected chi connectivity index (χ1v) is 12.5.